The molecule has 3 heteroatoms. The minimum absolute atomic E-state index is 0.852. The van der Waals surface area contributed by atoms with Gasteiger partial charge in [-0.2, -0.15) is 0 Å². The lowest BCUT2D eigenvalue weighted by atomic mass is 10.2. The van der Waals surface area contributed by atoms with Gasteiger partial charge < -0.3 is 9.82 Å². The van der Waals surface area contributed by atoms with Gasteiger partial charge in [-0.05, 0) is 24.3 Å². The second-order valence-corrected chi connectivity index (χ2v) is 3.13. The van der Waals surface area contributed by atoms with E-state index >= 15 is 0 Å². The quantitative estimate of drug-likeness (QED) is 0.652. The number of nitrogens with one attached hydrogen (secondary N) is 1. The second kappa shape index (κ2) is 2.73. The lowest BCUT2D eigenvalue weighted by molar-refractivity contribution is 0.254. The maximum atomic E-state index is 4.95. The Morgan fingerprint density at radius 2 is 2.21 bits per heavy atom. The Morgan fingerprint density at radius 3 is 3.21 bits per heavy atom. The molecule has 0 bridgehead atoms. The highest BCUT2D eigenvalue weighted by Crippen LogP contribution is 2.04. The molecular formula is C11H8N2O. The fourth-order valence-electron chi connectivity index (χ4n) is 1.65. The van der Waals surface area contributed by atoms with Gasteiger partial charge in [0.15, 0.2) is 0 Å². The number of nitrogens with zero attached hydrogens (tertiary/aromatic N) is 1. The lowest BCUT2D eigenvalue weighted by Gasteiger charge is -1.91. The Balaban J connectivity index is 2.60. The monoisotopic (exact) mass is 184 g/mol. The highest BCUT2D eigenvalue weighted by Gasteiger charge is 1.98. The van der Waals surface area contributed by atoms with E-state index in [0.717, 1.165) is 16.1 Å². The van der Waals surface area contributed by atoms with Crippen molar-refractivity contribution in [3.63, 3.8) is 0 Å². The molecule has 1 aliphatic heterocycles. The van der Waals surface area contributed by atoms with Crippen LogP contribution in [-0.2, 0) is 4.84 Å². The minimum Gasteiger partial charge on any atom is -0.364 e. The van der Waals surface area contributed by atoms with Crippen LogP contribution >= 0.6 is 0 Å². The molecule has 0 amide bonds. The third-order valence-corrected chi connectivity index (χ3v) is 2.30. The zero-order valence-corrected chi connectivity index (χ0v) is 7.40. The molecular weight excluding hydrogens is 176 g/mol. The molecule has 14 heavy (non-hydrogen) atoms. The number of H-pyrrole nitrogens is 1. The number of rotatable bonds is 0. The third kappa shape index (κ3) is 0.956. The predicted molar refractivity (Wildman–Crippen MR) is 53.8 cm³/mol. The number of aromatic nitrogens is 1. The highest BCUT2D eigenvalue weighted by molar-refractivity contribution is 5.80. The summed E-state index contributed by atoms with van der Waals surface area (Å²) in [6, 6.07) is 6.02. The zero-order valence-electron chi connectivity index (χ0n) is 7.40. The first kappa shape index (κ1) is 7.38. The standard InChI is InChI=1S/C11H8N2O/c1-2-9-10(13-14-7-1)4-3-8-5-6-12-11(8)9/h1-7,12H. The molecule has 1 aliphatic rings. The van der Waals surface area contributed by atoms with Crippen molar-refractivity contribution in [1.29, 1.82) is 0 Å². The molecule has 3 nitrogen and oxygen atoms in total. The van der Waals surface area contributed by atoms with Gasteiger partial charge in [0, 0.05) is 16.8 Å². The van der Waals surface area contributed by atoms with Crippen molar-refractivity contribution in [3.8, 4) is 0 Å². The van der Waals surface area contributed by atoms with Gasteiger partial charge in [-0.3, -0.25) is 0 Å². The molecule has 0 spiro atoms. The minimum atomic E-state index is 0.852. The van der Waals surface area contributed by atoms with E-state index in [9.17, 15) is 0 Å². The first-order valence-electron chi connectivity index (χ1n) is 4.42. The summed E-state index contributed by atoms with van der Waals surface area (Å²) in [6.07, 6.45) is 7.32. The second-order valence-electron chi connectivity index (χ2n) is 3.13. The van der Waals surface area contributed by atoms with Crippen LogP contribution in [0.25, 0.3) is 17.0 Å². The SMILES string of the molecule is C1=CON=c2ccc3cc[nH]c3c2=C1. The molecule has 0 atom stereocenters. The van der Waals surface area contributed by atoms with E-state index in [1.807, 2.05) is 36.5 Å². The molecule has 1 aromatic heterocycles. The third-order valence-electron chi connectivity index (χ3n) is 2.30. The normalized spacial score (nSPS) is 13.7. The number of hydrogen-bond acceptors (Lipinski definition) is 2. The van der Waals surface area contributed by atoms with Crippen molar-refractivity contribution < 1.29 is 4.84 Å². The van der Waals surface area contributed by atoms with E-state index in [-0.39, 0.29) is 0 Å². The van der Waals surface area contributed by atoms with Crippen LogP contribution in [0.2, 0.25) is 0 Å². The molecule has 3 rings (SSSR count). The van der Waals surface area contributed by atoms with E-state index in [2.05, 4.69) is 10.1 Å². The Labute approximate surface area is 80.0 Å². The summed E-state index contributed by atoms with van der Waals surface area (Å²) in [4.78, 5) is 8.14. The van der Waals surface area contributed by atoms with Crippen molar-refractivity contribution in [1.82, 2.24) is 4.98 Å². The highest BCUT2D eigenvalue weighted by atomic mass is 16.6. The van der Waals surface area contributed by atoms with Crippen LogP contribution in [0.4, 0.5) is 0 Å². The number of allylic oxidation sites excluding steroid dienone is 1. The van der Waals surface area contributed by atoms with Gasteiger partial charge in [0.2, 0.25) is 0 Å². The van der Waals surface area contributed by atoms with Crippen LogP contribution in [0.5, 0.6) is 0 Å². The number of benzene rings is 1. The molecule has 1 N–H and O–H groups in total. The molecule has 1 aromatic carbocycles. The predicted octanol–water partition coefficient (Wildman–Crippen LogP) is 1.03. The molecule has 0 saturated heterocycles. The van der Waals surface area contributed by atoms with E-state index in [1.165, 1.54) is 5.39 Å². The van der Waals surface area contributed by atoms with Crippen LogP contribution in [0, 0.1) is 0 Å². The summed E-state index contributed by atoms with van der Waals surface area (Å²) in [5, 5.41) is 7.09. The van der Waals surface area contributed by atoms with Crippen LogP contribution in [0.1, 0.15) is 0 Å². The van der Waals surface area contributed by atoms with E-state index in [0.29, 0.717) is 0 Å². The van der Waals surface area contributed by atoms with Gasteiger partial charge in [0.1, 0.15) is 11.6 Å². The maximum absolute atomic E-state index is 4.95. The summed E-state index contributed by atoms with van der Waals surface area (Å²) in [7, 11) is 0. The van der Waals surface area contributed by atoms with Gasteiger partial charge >= 0.3 is 0 Å². The van der Waals surface area contributed by atoms with Gasteiger partial charge in [-0.1, -0.05) is 11.2 Å². The summed E-state index contributed by atoms with van der Waals surface area (Å²) >= 11 is 0. The van der Waals surface area contributed by atoms with E-state index in [4.69, 9.17) is 4.84 Å². The number of hydrogen-bond donors (Lipinski definition) is 1. The van der Waals surface area contributed by atoms with Crippen LogP contribution in [0.3, 0.4) is 0 Å². The Hall–Kier alpha value is -2.03. The van der Waals surface area contributed by atoms with E-state index in [1.54, 1.807) is 6.26 Å². The van der Waals surface area contributed by atoms with Gasteiger partial charge in [0.25, 0.3) is 0 Å². The van der Waals surface area contributed by atoms with Gasteiger partial charge in [0.05, 0.1) is 5.52 Å². The van der Waals surface area contributed by atoms with Crippen LogP contribution < -0.4 is 10.6 Å². The average Bonchev–Trinajstić information content (AvgIpc) is 2.55. The molecule has 0 radical (unpaired) electrons. The summed E-state index contributed by atoms with van der Waals surface area (Å²) in [5.41, 5.74) is 1.10. The van der Waals surface area contributed by atoms with Crippen molar-refractivity contribution in [2.75, 3.05) is 0 Å². The number of aromatic amines is 1. The van der Waals surface area contributed by atoms with Crippen molar-refractivity contribution in [2.24, 2.45) is 5.16 Å². The summed E-state index contributed by atoms with van der Waals surface area (Å²) in [5.74, 6) is 0. The van der Waals surface area contributed by atoms with Gasteiger partial charge in [-0.25, -0.2) is 0 Å². The Kier molecular flexibility index (Phi) is 1.44. The molecule has 0 aliphatic carbocycles. The molecule has 2 heterocycles. The largest absolute Gasteiger partial charge is 0.364 e. The smallest absolute Gasteiger partial charge is 0.122 e. The summed E-state index contributed by atoms with van der Waals surface area (Å²) < 4.78 is 0. The fraction of sp³-hybridized carbons (Fsp3) is 0. The molecule has 2 aromatic rings. The maximum Gasteiger partial charge on any atom is 0.122 e. The zero-order chi connectivity index (χ0) is 9.38. The van der Waals surface area contributed by atoms with Crippen LogP contribution in [-0.4, -0.2) is 4.98 Å². The lowest BCUT2D eigenvalue weighted by Crippen LogP contribution is -2.24. The number of fused-ring (bicyclic) bond motifs is 3. The van der Waals surface area contributed by atoms with E-state index < -0.39 is 0 Å². The van der Waals surface area contributed by atoms with Crippen molar-refractivity contribution in [3.05, 3.63) is 47.3 Å². The van der Waals surface area contributed by atoms with Crippen LogP contribution in [0.15, 0.2) is 41.9 Å². The van der Waals surface area contributed by atoms with Crippen molar-refractivity contribution >= 4 is 17.0 Å². The Morgan fingerprint density at radius 1 is 1.21 bits per heavy atom. The molecule has 0 saturated carbocycles. The first-order chi connectivity index (χ1) is 6.95. The summed E-state index contributed by atoms with van der Waals surface area (Å²) in [6.45, 7) is 0. The Bertz CT molecular complexity index is 622. The van der Waals surface area contributed by atoms with Crippen molar-refractivity contribution in [2.45, 2.75) is 0 Å². The average molecular weight is 184 g/mol. The fourth-order valence-corrected chi connectivity index (χ4v) is 1.65. The first-order valence-corrected chi connectivity index (χ1v) is 4.42. The molecule has 0 unspecified atom stereocenters. The molecule has 68 valence electrons. The molecule has 0 fully saturated rings. The topological polar surface area (TPSA) is 37.4 Å². The van der Waals surface area contributed by atoms with Gasteiger partial charge in [-0.15, -0.1) is 0 Å².